The van der Waals surface area contributed by atoms with Crippen LogP contribution in [0.5, 0.6) is 0 Å². The molecule has 11 nitrogen and oxygen atoms in total. The van der Waals surface area contributed by atoms with E-state index in [9.17, 15) is 19.2 Å². The molecule has 1 amide bonds. The van der Waals surface area contributed by atoms with Crippen LogP contribution in [0.4, 0.5) is 0 Å². The standard InChI is InChI=1S/C20H20N4O2.C16H12N2O3.2CH4/c25-19-17-7-2-1-6-16(17)18(22-23-19)13-14-4-3-5-15(12-14)20(26)24-10-8-21-9-11-24;19-15-13-7-2-1-6-12(13)14(17-18-15)9-10-4-3-5-11(8-10)16(20)21;;/h1-7,12,21H,8-11,13H2,(H,23,25);1-8H,9H2,(H,18,19)(H,20,21);2*1H4. The van der Waals surface area contributed by atoms with Crippen LogP contribution in [0, 0.1) is 0 Å². The van der Waals surface area contributed by atoms with Gasteiger partial charge in [0.2, 0.25) is 0 Å². The van der Waals surface area contributed by atoms with Crippen LogP contribution >= 0.6 is 0 Å². The predicted molar refractivity (Wildman–Crippen MR) is 192 cm³/mol. The normalized spacial score (nSPS) is 12.3. The van der Waals surface area contributed by atoms with Gasteiger partial charge in [0.25, 0.3) is 17.0 Å². The van der Waals surface area contributed by atoms with Crippen LogP contribution in [0.25, 0.3) is 21.5 Å². The molecule has 3 heterocycles. The summed E-state index contributed by atoms with van der Waals surface area (Å²) in [5.74, 6) is -0.899. The van der Waals surface area contributed by atoms with Crippen molar-refractivity contribution in [1.29, 1.82) is 0 Å². The lowest BCUT2D eigenvalue weighted by molar-refractivity contribution is 0.0695. The molecule has 0 aliphatic carbocycles. The molecule has 252 valence electrons. The van der Waals surface area contributed by atoms with E-state index in [-0.39, 0.29) is 37.4 Å². The third-order valence-electron chi connectivity index (χ3n) is 8.05. The van der Waals surface area contributed by atoms with Crippen molar-refractivity contribution in [2.75, 3.05) is 26.2 Å². The average Bonchev–Trinajstić information content (AvgIpc) is 3.11. The van der Waals surface area contributed by atoms with Gasteiger partial charge in [-0.2, -0.15) is 10.2 Å². The minimum atomic E-state index is -0.962. The van der Waals surface area contributed by atoms with E-state index in [1.54, 1.807) is 36.4 Å². The van der Waals surface area contributed by atoms with E-state index in [4.69, 9.17) is 5.11 Å². The lowest BCUT2D eigenvalue weighted by atomic mass is 10.0. The molecule has 2 aromatic heterocycles. The Balaban J connectivity index is 0.000000217. The number of carbonyl (C=O) groups excluding carboxylic acids is 1. The van der Waals surface area contributed by atoms with Crippen molar-refractivity contribution in [3.63, 3.8) is 0 Å². The van der Waals surface area contributed by atoms with Gasteiger partial charge in [0.15, 0.2) is 0 Å². The molecule has 0 saturated carbocycles. The van der Waals surface area contributed by atoms with Gasteiger partial charge in [-0.25, -0.2) is 15.0 Å². The van der Waals surface area contributed by atoms with Crippen molar-refractivity contribution in [3.05, 3.63) is 151 Å². The molecule has 49 heavy (non-hydrogen) atoms. The molecule has 1 aliphatic heterocycles. The average molecular weight is 661 g/mol. The molecular formula is C38H40N6O5. The second kappa shape index (κ2) is 16.2. The summed E-state index contributed by atoms with van der Waals surface area (Å²) in [4.78, 5) is 49.2. The zero-order valence-electron chi connectivity index (χ0n) is 25.4. The Morgan fingerprint density at radius 2 is 1.08 bits per heavy atom. The van der Waals surface area contributed by atoms with Crippen LogP contribution in [0.3, 0.4) is 0 Å². The first kappa shape index (κ1) is 35.9. The smallest absolute Gasteiger partial charge is 0.335 e. The maximum Gasteiger partial charge on any atom is 0.335 e. The number of aromatic nitrogens is 4. The molecule has 4 N–H and O–H groups in total. The quantitative estimate of drug-likeness (QED) is 0.193. The molecule has 7 rings (SSSR count). The van der Waals surface area contributed by atoms with Gasteiger partial charge in [0.05, 0.1) is 27.7 Å². The summed E-state index contributed by atoms with van der Waals surface area (Å²) >= 11 is 0. The Bertz CT molecular complexity index is 2200. The lowest BCUT2D eigenvalue weighted by Gasteiger charge is -2.27. The highest BCUT2D eigenvalue weighted by Gasteiger charge is 2.18. The van der Waals surface area contributed by atoms with E-state index in [0.717, 1.165) is 53.8 Å². The Morgan fingerprint density at radius 1 is 0.633 bits per heavy atom. The molecule has 1 saturated heterocycles. The third kappa shape index (κ3) is 8.32. The van der Waals surface area contributed by atoms with Gasteiger partial charge in [-0.3, -0.25) is 14.4 Å². The van der Waals surface area contributed by atoms with Crippen molar-refractivity contribution in [3.8, 4) is 0 Å². The Kier molecular flexibility index (Phi) is 11.9. The summed E-state index contributed by atoms with van der Waals surface area (Å²) < 4.78 is 0. The van der Waals surface area contributed by atoms with Crippen LogP contribution < -0.4 is 16.4 Å². The minimum absolute atomic E-state index is 0. The number of hydrogen-bond acceptors (Lipinski definition) is 7. The fourth-order valence-electron chi connectivity index (χ4n) is 5.68. The van der Waals surface area contributed by atoms with Gasteiger partial charge < -0.3 is 15.3 Å². The van der Waals surface area contributed by atoms with Gasteiger partial charge in [0.1, 0.15) is 0 Å². The van der Waals surface area contributed by atoms with Crippen LogP contribution in [0.2, 0.25) is 0 Å². The molecule has 1 aliphatic rings. The number of H-pyrrole nitrogens is 2. The first-order valence-corrected chi connectivity index (χ1v) is 15.2. The van der Waals surface area contributed by atoms with Gasteiger partial charge in [0, 0.05) is 55.4 Å². The van der Waals surface area contributed by atoms with Crippen LogP contribution in [-0.2, 0) is 12.8 Å². The molecule has 4 aromatic carbocycles. The Hall–Kier alpha value is -5.94. The number of carboxylic acids is 1. The molecule has 0 spiro atoms. The van der Waals surface area contributed by atoms with Crippen molar-refractivity contribution >= 4 is 33.4 Å². The molecule has 1 fully saturated rings. The zero-order chi connectivity index (χ0) is 32.8. The van der Waals surface area contributed by atoms with E-state index in [0.29, 0.717) is 34.9 Å². The maximum atomic E-state index is 12.7. The largest absolute Gasteiger partial charge is 0.478 e. The van der Waals surface area contributed by atoms with Crippen LogP contribution in [0.15, 0.2) is 107 Å². The molecule has 0 radical (unpaired) electrons. The number of amides is 1. The zero-order valence-corrected chi connectivity index (χ0v) is 25.4. The minimum Gasteiger partial charge on any atom is -0.478 e. The monoisotopic (exact) mass is 660 g/mol. The number of benzene rings is 4. The second-order valence-electron chi connectivity index (χ2n) is 11.2. The summed E-state index contributed by atoms with van der Waals surface area (Å²) in [6.07, 6.45) is 1.01. The van der Waals surface area contributed by atoms with E-state index in [1.807, 2.05) is 65.6 Å². The summed E-state index contributed by atoms with van der Waals surface area (Å²) in [5.41, 5.74) is 3.86. The number of fused-ring (bicyclic) bond motifs is 2. The van der Waals surface area contributed by atoms with Crippen LogP contribution in [-0.4, -0.2) is 68.5 Å². The number of carbonyl (C=O) groups is 2. The molecule has 11 heteroatoms. The molecular weight excluding hydrogens is 620 g/mol. The van der Waals surface area contributed by atoms with E-state index in [2.05, 4.69) is 25.7 Å². The van der Waals surface area contributed by atoms with E-state index in [1.165, 1.54) is 0 Å². The first-order chi connectivity index (χ1) is 22.9. The molecule has 0 bridgehead atoms. The van der Waals surface area contributed by atoms with Crippen molar-refractivity contribution in [2.24, 2.45) is 0 Å². The predicted octanol–water partition coefficient (Wildman–Crippen LogP) is 5.04. The molecule has 0 unspecified atom stereocenters. The van der Waals surface area contributed by atoms with E-state index < -0.39 is 5.97 Å². The summed E-state index contributed by atoms with van der Waals surface area (Å²) in [6, 6.07) is 29.0. The highest BCUT2D eigenvalue weighted by molar-refractivity contribution is 5.94. The molecule has 6 aromatic rings. The first-order valence-electron chi connectivity index (χ1n) is 15.2. The lowest BCUT2D eigenvalue weighted by Crippen LogP contribution is -2.46. The van der Waals surface area contributed by atoms with Crippen LogP contribution in [0.1, 0.15) is 58.1 Å². The van der Waals surface area contributed by atoms with Crippen molar-refractivity contribution < 1.29 is 14.7 Å². The van der Waals surface area contributed by atoms with Gasteiger partial charge >= 0.3 is 5.97 Å². The summed E-state index contributed by atoms with van der Waals surface area (Å²) in [6.45, 7) is 3.13. The Labute approximate surface area is 283 Å². The van der Waals surface area contributed by atoms with Gasteiger partial charge in [-0.15, -0.1) is 0 Å². The number of carboxylic acid groups (broad SMARTS) is 1. The number of hydrogen-bond donors (Lipinski definition) is 4. The highest BCUT2D eigenvalue weighted by atomic mass is 16.4. The number of rotatable bonds is 6. The number of piperazine rings is 1. The number of nitrogens with one attached hydrogen (secondary N) is 3. The highest BCUT2D eigenvalue weighted by Crippen LogP contribution is 2.19. The second-order valence-corrected chi connectivity index (χ2v) is 11.2. The topological polar surface area (TPSA) is 161 Å². The van der Waals surface area contributed by atoms with Crippen molar-refractivity contribution in [1.82, 2.24) is 30.6 Å². The van der Waals surface area contributed by atoms with Gasteiger partial charge in [-0.1, -0.05) is 75.5 Å². The van der Waals surface area contributed by atoms with Gasteiger partial charge in [-0.05, 0) is 47.5 Å². The number of aromatic amines is 2. The fourth-order valence-corrected chi connectivity index (χ4v) is 5.68. The fraction of sp³-hybridized carbons (Fsp3) is 0.211. The SMILES string of the molecule is C.C.O=C(O)c1cccc(Cc2n[nH]c(=O)c3ccccc23)c1.O=C(c1cccc(Cc2n[nH]c(=O)c3ccccc23)c1)N1CCNCC1. The summed E-state index contributed by atoms with van der Waals surface area (Å²) in [5, 5.41) is 28.5. The Morgan fingerprint density at radius 3 is 1.57 bits per heavy atom. The maximum absolute atomic E-state index is 12.7. The molecule has 0 atom stereocenters. The number of nitrogens with zero attached hydrogens (tertiary/aromatic N) is 3. The van der Waals surface area contributed by atoms with E-state index >= 15 is 0 Å². The number of aromatic carboxylic acids is 1. The summed E-state index contributed by atoms with van der Waals surface area (Å²) in [7, 11) is 0. The third-order valence-corrected chi connectivity index (χ3v) is 8.05. The van der Waals surface area contributed by atoms with Crippen molar-refractivity contribution in [2.45, 2.75) is 27.7 Å².